The van der Waals surface area contributed by atoms with Gasteiger partial charge < -0.3 is 10.6 Å². The van der Waals surface area contributed by atoms with Gasteiger partial charge in [0.1, 0.15) is 0 Å². The second-order valence-electron chi connectivity index (χ2n) is 4.48. The molecule has 1 saturated heterocycles. The van der Waals surface area contributed by atoms with E-state index in [1.54, 1.807) is 11.3 Å². The maximum absolute atomic E-state index is 11.9. The molecule has 2 rings (SSSR count). The molecule has 1 amide bonds. The highest BCUT2D eigenvalue weighted by Gasteiger charge is 2.20. The van der Waals surface area contributed by atoms with Crippen molar-refractivity contribution >= 4 is 17.2 Å². The van der Waals surface area contributed by atoms with Crippen LogP contribution < -0.4 is 10.6 Å². The van der Waals surface area contributed by atoms with Gasteiger partial charge in [-0.2, -0.15) is 0 Å². The molecule has 2 heterocycles. The molecule has 1 aliphatic heterocycles. The fourth-order valence-electron chi connectivity index (χ4n) is 2.10. The number of hydrogen-bond donors (Lipinski definition) is 2. The van der Waals surface area contributed by atoms with Crippen LogP contribution in [0.25, 0.3) is 0 Å². The highest BCUT2D eigenvalue weighted by molar-refractivity contribution is 7.11. The van der Waals surface area contributed by atoms with Crippen LogP contribution in [0.5, 0.6) is 0 Å². The Hall–Kier alpha value is -0.870. The van der Waals surface area contributed by atoms with Crippen LogP contribution in [0.15, 0.2) is 12.1 Å². The van der Waals surface area contributed by atoms with Crippen molar-refractivity contribution in [3.8, 4) is 0 Å². The van der Waals surface area contributed by atoms with Crippen LogP contribution >= 0.6 is 11.3 Å². The topological polar surface area (TPSA) is 41.1 Å². The molecule has 1 atom stereocenters. The number of carbonyl (C=O) groups excluding carboxylic acids is 1. The molecule has 0 radical (unpaired) electrons. The molecule has 0 unspecified atom stereocenters. The van der Waals surface area contributed by atoms with Crippen molar-refractivity contribution in [2.24, 2.45) is 5.92 Å². The van der Waals surface area contributed by atoms with Crippen molar-refractivity contribution in [2.45, 2.75) is 32.7 Å². The molecule has 0 saturated carbocycles. The molecule has 1 fully saturated rings. The van der Waals surface area contributed by atoms with Gasteiger partial charge in [0.05, 0.1) is 12.5 Å². The van der Waals surface area contributed by atoms with Crippen molar-refractivity contribution in [3.05, 3.63) is 21.9 Å². The Morgan fingerprint density at radius 2 is 2.35 bits per heavy atom. The van der Waals surface area contributed by atoms with Gasteiger partial charge in [-0.05, 0) is 37.9 Å². The zero-order valence-corrected chi connectivity index (χ0v) is 11.1. The number of carbonyl (C=O) groups is 1. The van der Waals surface area contributed by atoms with Crippen LogP contribution in [-0.2, 0) is 17.8 Å². The number of aryl methyl sites for hydroxylation is 1. The Morgan fingerprint density at radius 3 is 3.00 bits per heavy atom. The number of nitrogens with one attached hydrogen (secondary N) is 2. The van der Waals surface area contributed by atoms with Gasteiger partial charge >= 0.3 is 0 Å². The fraction of sp³-hybridized carbons (Fsp3) is 0.615. The Kier molecular flexibility index (Phi) is 4.57. The lowest BCUT2D eigenvalue weighted by molar-refractivity contribution is -0.125. The zero-order chi connectivity index (χ0) is 12.1. The molecule has 0 aliphatic carbocycles. The summed E-state index contributed by atoms with van der Waals surface area (Å²) in [7, 11) is 0. The van der Waals surface area contributed by atoms with Gasteiger partial charge in [0, 0.05) is 16.3 Å². The first-order valence-corrected chi connectivity index (χ1v) is 7.17. The lowest BCUT2D eigenvalue weighted by Crippen LogP contribution is -2.40. The number of hydrogen-bond acceptors (Lipinski definition) is 3. The van der Waals surface area contributed by atoms with Gasteiger partial charge in [-0.1, -0.05) is 6.92 Å². The summed E-state index contributed by atoms with van der Waals surface area (Å²) in [5.74, 6) is 0.359. The van der Waals surface area contributed by atoms with Crippen molar-refractivity contribution < 1.29 is 4.79 Å². The Bertz CT molecular complexity index is 369. The molecule has 1 aromatic heterocycles. The Labute approximate surface area is 107 Å². The minimum atomic E-state index is 0.161. The van der Waals surface area contributed by atoms with E-state index in [2.05, 4.69) is 29.7 Å². The maximum Gasteiger partial charge on any atom is 0.224 e. The van der Waals surface area contributed by atoms with Crippen LogP contribution in [0.4, 0.5) is 0 Å². The van der Waals surface area contributed by atoms with Gasteiger partial charge in [0.25, 0.3) is 0 Å². The standard InChI is InChI=1S/C13H20N2OS/c1-2-11-5-6-12(17-11)9-15-13(16)10-4-3-7-14-8-10/h5-6,10,14H,2-4,7-9H2,1H3,(H,15,16)/t10-/m1/s1. The average molecular weight is 252 g/mol. The van der Waals surface area contributed by atoms with E-state index in [-0.39, 0.29) is 11.8 Å². The summed E-state index contributed by atoms with van der Waals surface area (Å²) in [6, 6.07) is 4.26. The smallest absolute Gasteiger partial charge is 0.224 e. The molecule has 4 heteroatoms. The minimum absolute atomic E-state index is 0.161. The first-order chi connectivity index (χ1) is 8.29. The molecule has 1 aliphatic rings. The summed E-state index contributed by atoms with van der Waals surface area (Å²) in [6.45, 7) is 4.72. The fourth-order valence-corrected chi connectivity index (χ4v) is 3.00. The van der Waals surface area contributed by atoms with Gasteiger partial charge in [0.2, 0.25) is 5.91 Å². The van der Waals surface area contributed by atoms with E-state index >= 15 is 0 Å². The number of piperidine rings is 1. The second kappa shape index (κ2) is 6.17. The third-order valence-corrected chi connectivity index (χ3v) is 4.40. The lowest BCUT2D eigenvalue weighted by Gasteiger charge is -2.21. The van der Waals surface area contributed by atoms with Gasteiger partial charge in [-0.25, -0.2) is 0 Å². The second-order valence-corrected chi connectivity index (χ2v) is 5.74. The quantitative estimate of drug-likeness (QED) is 0.859. The predicted molar refractivity (Wildman–Crippen MR) is 71.1 cm³/mol. The molecule has 1 aromatic rings. The van der Waals surface area contributed by atoms with Gasteiger partial charge in [0.15, 0.2) is 0 Å². The summed E-state index contributed by atoms with van der Waals surface area (Å²) >= 11 is 1.79. The van der Waals surface area contributed by atoms with E-state index in [1.807, 2.05) is 0 Å². The van der Waals surface area contributed by atoms with Gasteiger partial charge in [-0.3, -0.25) is 4.79 Å². The maximum atomic E-state index is 11.9. The van der Waals surface area contributed by atoms with Crippen molar-refractivity contribution in [3.63, 3.8) is 0 Å². The van der Waals surface area contributed by atoms with Gasteiger partial charge in [-0.15, -0.1) is 11.3 Å². The number of rotatable bonds is 4. The first kappa shape index (κ1) is 12.6. The lowest BCUT2D eigenvalue weighted by atomic mass is 9.99. The van der Waals surface area contributed by atoms with Crippen LogP contribution in [0.1, 0.15) is 29.5 Å². The number of amides is 1. The first-order valence-electron chi connectivity index (χ1n) is 6.35. The molecule has 17 heavy (non-hydrogen) atoms. The zero-order valence-electron chi connectivity index (χ0n) is 10.3. The largest absolute Gasteiger partial charge is 0.351 e. The van der Waals surface area contributed by atoms with E-state index < -0.39 is 0 Å². The van der Waals surface area contributed by atoms with Crippen LogP contribution in [0, 0.1) is 5.92 Å². The van der Waals surface area contributed by atoms with Crippen LogP contribution in [0.2, 0.25) is 0 Å². The monoisotopic (exact) mass is 252 g/mol. The summed E-state index contributed by atoms with van der Waals surface area (Å²) in [5.41, 5.74) is 0. The highest BCUT2D eigenvalue weighted by atomic mass is 32.1. The van der Waals surface area contributed by atoms with E-state index in [0.717, 1.165) is 32.4 Å². The third-order valence-electron chi connectivity index (χ3n) is 3.17. The molecular weight excluding hydrogens is 232 g/mol. The van der Waals surface area contributed by atoms with Crippen LogP contribution in [-0.4, -0.2) is 19.0 Å². The van der Waals surface area contributed by atoms with Crippen molar-refractivity contribution in [1.29, 1.82) is 0 Å². The van der Waals surface area contributed by atoms with E-state index in [1.165, 1.54) is 9.75 Å². The molecule has 3 nitrogen and oxygen atoms in total. The molecular formula is C13H20N2OS. The Morgan fingerprint density at radius 1 is 1.53 bits per heavy atom. The SMILES string of the molecule is CCc1ccc(CNC(=O)[C@@H]2CCCNC2)s1. The molecule has 94 valence electrons. The Balaban J connectivity index is 1.78. The molecule has 0 bridgehead atoms. The molecule has 2 N–H and O–H groups in total. The predicted octanol–water partition coefficient (Wildman–Crippen LogP) is 1.93. The average Bonchev–Trinajstić information content (AvgIpc) is 2.85. The normalized spacial score (nSPS) is 20.2. The van der Waals surface area contributed by atoms with E-state index in [0.29, 0.717) is 6.54 Å². The molecule has 0 aromatic carbocycles. The number of thiophene rings is 1. The van der Waals surface area contributed by atoms with Crippen molar-refractivity contribution in [1.82, 2.24) is 10.6 Å². The summed E-state index contributed by atoms with van der Waals surface area (Å²) < 4.78 is 0. The van der Waals surface area contributed by atoms with Crippen molar-refractivity contribution in [2.75, 3.05) is 13.1 Å². The van der Waals surface area contributed by atoms with E-state index in [9.17, 15) is 4.79 Å². The van der Waals surface area contributed by atoms with E-state index in [4.69, 9.17) is 0 Å². The van der Waals surface area contributed by atoms with Crippen LogP contribution in [0.3, 0.4) is 0 Å². The third kappa shape index (κ3) is 3.54. The summed E-state index contributed by atoms with van der Waals surface area (Å²) in [4.78, 5) is 14.5. The summed E-state index contributed by atoms with van der Waals surface area (Å²) in [5, 5.41) is 6.31. The summed E-state index contributed by atoms with van der Waals surface area (Å²) in [6.07, 6.45) is 3.20. The minimum Gasteiger partial charge on any atom is -0.351 e. The highest BCUT2D eigenvalue weighted by Crippen LogP contribution is 2.17. The molecule has 0 spiro atoms.